The lowest BCUT2D eigenvalue weighted by atomic mass is 10.2. The molecule has 0 atom stereocenters. The van der Waals surface area contributed by atoms with E-state index in [1.165, 1.54) is 24.4 Å². The molecule has 10 heteroatoms. The van der Waals surface area contributed by atoms with Gasteiger partial charge in [-0.3, -0.25) is 14.5 Å². The van der Waals surface area contributed by atoms with Crippen LogP contribution in [0, 0.1) is 5.82 Å². The highest BCUT2D eigenvalue weighted by molar-refractivity contribution is 7.90. The number of hydrogen-bond donors (Lipinski definition) is 2. The van der Waals surface area contributed by atoms with Crippen molar-refractivity contribution < 1.29 is 17.6 Å². The van der Waals surface area contributed by atoms with Crippen LogP contribution >= 0.6 is 11.3 Å². The zero-order valence-corrected chi connectivity index (χ0v) is 18.7. The molecular formula is C22H21FN4O3S2. The maximum absolute atomic E-state index is 14.0. The third-order valence-electron chi connectivity index (χ3n) is 4.86. The van der Waals surface area contributed by atoms with E-state index in [2.05, 4.69) is 20.0 Å². The van der Waals surface area contributed by atoms with Crippen LogP contribution in [0.2, 0.25) is 0 Å². The van der Waals surface area contributed by atoms with Gasteiger partial charge in [0.05, 0.1) is 11.1 Å². The van der Waals surface area contributed by atoms with Gasteiger partial charge in [-0.25, -0.2) is 17.8 Å². The molecule has 7 nitrogen and oxygen atoms in total. The van der Waals surface area contributed by atoms with Crippen LogP contribution in [-0.4, -0.2) is 31.7 Å². The number of sulfonamides is 1. The van der Waals surface area contributed by atoms with Crippen LogP contribution in [0.15, 0.2) is 64.6 Å². The average molecular weight is 473 g/mol. The van der Waals surface area contributed by atoms with E-state index in [1.807, 2.05) is 0 Å². The number of halogens is 1. The van der Waals surface area contributed by atoms with E-state index < -0.39 is 21.7 Å². The molecule has 0 unspecified atom stereocenters. The molecule has 0 spiro atoms. The third kappa shape index (κ3) is 5.20. The molecule has 2 heterocycles. The van der Waals surface area contributed by atoms with Crippen molar-refractivity contribution >= 4 is 38.8 Å². The fraction of sp³-hybridized carbons (Fsp3) is 0.227. The van der Waals surface area contributed by atoms with E-state index in [9.17, 15) is 17.6 Å². The van der Waals surface area contributed by atoms with Crippen LogP contribution in [0.1, 0.15) is 35.4 Å². The van der Waals surface area contributed by atoms with E-state index in [1.54, 1.807) is 30.3 Å². The molecule has 4 rings (SSSR count). The minimum Gasteiger partial charge on any atom is -0.321 e. The van der Waals surface area contributed by atoms with Crippen LogP contribution in [0.5, 0.6) is 0 Å². The first-order valence-electron chi connectivity index (χ1n) is 10.1. The Kier molecular flexibility index (Phi) is 6.61. The maximum atomic E-state index is 14.0. The molecule has 2 N–H and O–H groups in total. The summed E-state index contributed by atoms with van der Waals surface area (Å²) >= 11 is 1.05. The van der Waals surface area contributed by atoms with Gasteiger partial charge in [0.15, 0.2) is 0 Å². The minimum atomic E-state index is -3.82. The minimum absolute atomic E-state index is 0.0265. The molecule has 3 aromatic rings. The van der Waals surface area contributed by atoms with E-state index in [4.69, 9.17) is 0 Å². The van der Waals surface area contributed by atoms with Crippen molar-refractivity contribution in [3.63, 3.8) is 0 Å². The number of nitrogens with one attached hydrogen (secondary N) is 2. The molecule has 0 saturated carbocycles. The summed E-state index contributed by atoms with van der Waals surface area (Å²) in [6.45, 7) is 0.609. The molecule has 0 radical (unpaired) electrons. The van der Waals surface area contributed by atoms with Gasteiger partial charge in [-0.05, 0) is 43.2 Å². The van der Waals surface area contributed by atoms with Crippen molar-refractivity contribution in [1.82, 2.24) is 9.71 Å². The molecule has 0 fully saturated rings. The smallest absolute Gasteiger partial charge is 0.267 e. The molecule has 1 aliphatic heterocycles. The van der Waals surface area contributed by atoms with Crippen LogP contribution in [-0.2, 0) is 10.0 Å². The van der Waals surface area contributed by atoms with Gasteiger partial charge in [-0.15, -0.1) is 11.3 Å². The molecule has 1 aliphatic rings. The van der Waals surface area contributed by atoms with Gasteiger partial charge in [-0.1, -0.05) is 24.6 Å². The van der Waals surface area contributed by atoms with Crippen LogP contribution in [0.3, 0.4) is 0 Å². The lowest BCUT2D eigenvalue weighted by Gasteiger charge is -2.11. The van der Waals surface area contributed by atoms with Crippen molar-refractivity contribution in [3.05, 3.63) is 65.4 Å². The Labute approximate surface area is 189 Å². The van der Waals surface area contributed by atoms with Crippen LogP contribution in [0.4, 0.5) is 10.1 Å². The Hall–Kier alpha value is -3.11. The van der Waals surface area contributed by atoms with Gasteiger partial charge < -0.3 is 5.32 Å². The normalized spacial score (nSPS) is 14.3. The predicted molar refractivity (Wildman–Crippen MR) is 123 cm³/mol. The van der Waals surface area contributed by atoms with Gasteiger partial charge >= 0.3 is 0 Å². The van der Waals surface area contributed by atoms with Crippen LogP contribution < -0.4 is 10.0 Å². The summed E-state index contributed by atoms with van der Waals surface area (Å²) in [6.07, 6.45) is 4.82. The quantitative estimate of drug-likeness (QED) is 0.573. The van der Waals surface area contributed by atoms with Crippen molar-refractivity contribution in [1.29, 1.82) is 0 Å². The van der Waals surface area contributed by atoms with E-state index >= 15 is 0 Å². The van der Waals surface area contributed by atoms with Gasteiger partial charge in [0.25, 0.3) is 15.9 Å². The summed E-state index contributed by atoms with van der Waals surface area (Å²) in [7, 11) is -3.82. The number of carbonyl (C=O) groups is 1. The van der Waals surface area contributed by atoms with Gasteiger partial charge in [0, 0.05) is 24.2 Å². The van der Waals surface area contributed by atoms with Crippen molar-refractivity contribution in [2.45, 2.75) is 30.6 Å². The van der Waals surface area contributed by atoms with Crippen molar-refractivity contribution in [2.75, 3.05) is 11.9 Å². The molecule has 0 saturated heterocycles. The van der Waals surface area contributed by atoms with E-state index in [0.717, 1.165) is 30.6 Å². The lowest BCUT2D eigenvalue weighted by molar-refractivity contribution is 0.103. The summed E-state index contributed by atoms with van der Waals surface area (Å²) in [5.74, 6) is -0.416. The number of amides is 1. The number of aliphatic imine (C=N–C) groups is 1. The number of amidine groups is 1. The molecular weight excluding hydrogens is 451 g/mol. The zero-order chi connectivity index (χ0) is 22.6. The summed E-state index contributed by atoms with van der Waals surface area (Å²) < 4.78 is 42.1. The zero-order valence-electron chi connectivity index (χ0n) is 17.0. The van der Waals surface area contributed by atoms with Gasteiger partial charge in [0.1, 0.15) is 21.5 Å². The lowest BCUT2D eigenvalue weighted by Crippen LogP contribution is -2.30. The predicted octanol–water partition coefficient (Wildman–Crippen LogP) is 4.45. The van der Waals surface area contributed by atoms with E-state index in [-0.39, 0.29) is 9.77 Å². The highest BCUT2D eigenvalue weighted by Gasteiger charge is 2.19. The number of rotatable bonds is 5. The number of aromatic nitrogens is 1. The fourth-order valence-corrected chi connectivity index (χ4v) is 5.22. The SMILES string of the molecule is O=C(Nc1cccc(S(=O)(=O)NC2=NCCCCC2)c1)c1cnc(-c2ccccc2F)s1. The molecule has 2 aromatic carbocycles. The Bertz CT molecular complexity index is 1270. The van der Waals surface area contributed by atoms with Crippen LogP contribution in [0.25, 0.3) is 10.6 Å². The van der Waals surface area contributed by atoms with Gasteiger partial charge in [0.2, 0.25) is 0 Å². The Morgan fingerprint density at radius 1 is 1.06 bits per heavy atom. The van der Waals surface area contributed by atoms with Gasteiger partial charge in [-0.2, -0.15) is 0 Å². The molecule has 1 aromatic heterocycles. The number of benzene rings is 2. The highest BCUT2D eigenvalue weighted by atomic mass is 32.2. The monoisotopic (exact) mass is 472 g/mol. The fourth-order valence-electron chi connectivity index (χ4n) is 3.24. The second kappa shape index (κ2) is 9.58. The largest absolute Gasteiger partial charge is 0.321 e. The standard InChI is InChI=1S/C22H21FN4O3S2/c23-18-10-4-3-9-17(18)22-25-14-19(31-22)21(28)26-15-7-6-8-16(13-15)32(29,30)27-20-11-2-1-5-12-24-20/h3-4,6-10,13-14H,1-2,5,11-12H2,(H,24,27)(H,26,28). The first-order chi connectivity index (χ1) is 15.4. The Morgan fingerprint density at radius 2 is 1.91 bits per heavy atom. The number of carbonyl (C=O) groups excluding carboxylic acids is 1. The number of thiazole rings is 1. The molecule has 0 bridgehead atoms. The first kappa shape index (κ1) is 22.1. The van der Waals surface area contributed by atoms with Crippen molar-refractivity contribution in [3.8, 4) is 10.6 Å². The van der Waals surface area contributed by atoms with E-state index in [0.29, 0.717) is 35.1 Å². The number of nitrogens with zero attached hydrogens (tertiary/aromatic N) is 2. The highest BCUT2D eigenvalue weighted by Crippen LogP contribution is 2.28. The number of anilines is 1. The summed E-state index contributed by atoms with van der Waals surface area (Å²) in [5.41, 5.74) is 0.638. The summed E-state index contributed by atoms with van der Waals surface area (Å²) in [4.78, 5) is 21.4. The Balaban J connectivity index is 1.49. The second-order valence-corrected chi connectivity index (χ2v) is 9.95. The van der Waals surface area contributed by atoms with Crippen molar-refractivity contribution in [2.24, 2.45) is 4.99 Å². The second-order valence-electron chi connectivity index (χ2n) is 7.24. The summed E-state index contributed by atoms with van der Waals surface area (Å²) in [5, 5.41) is 3.07. The topological polar surface area (TPSA) is 101 Å². The summed E-state index contributed by atoms with van der Waals surface area (Å²) in [6, 6.07) is 12.2. The average Bonchev–Trinajstić information content (AvgIpc) is 3.13. The molecule has 166 valence electrons. The molecule has 32 heavy (non-hydrogen) atoms. The molecule has 0 aliphatic carbocycles. The number of hydrogen-bond acceptors (Lipinski definition) is 6. The maximum Gasteiger partial charge on any atom is 0.267 e. The third-order valence-corrected chi connectivity index (χ3v) is 7.27. The Morgan fingerprint density at radius 3 is 2.75 bits per heavy atom. The molecule has 1 amide bonds. The first-order valence-corrected chi connectivity index (χ1v) is 12.4.